The Labute approximate surface area is 158 Å². The van der Waals surface area contributed by atoms with E-state index in [1.54, 1.807) is 0 Å². The number of rotatable bonds is 4. The molecule has 1 aromatic rings. The summed E-state index contributed by atoms with van der Waals surface area (Å²) in [6.07, 6.45) is -0.306. The lowest BCUT2D eigenvalue weighted by atomic mass is 9.92. The van der Waals surface area contributed by atoms with E-state index in [4.69, 9.17) is 0 Å². The smallest absolute Gasteiger partial charge is 0.343 e. The van der Waals surface area contributed by atoms with Crippen LogP contribution in [0.1, 0.15) is 6.42 Å². The van der Waals surface area contributed by atoms with Crippen molar-refractivity contribution in [2.24, 2.45) is 0 Å². The highest BCUT2D eigenvalue weighted by molar-refractivity contribution is 6.24. The Morgan fingerprint density at radius 2 is 1.96 bits per heavy atom. The van der Waals surface area contributed by atoms with E-state index in [0.29, 0.717) is 5.69 Å². The average Bonchev–Trinajstić information content (AvgIpc) is 2.67. The number of hydrogen-bond acceptors (Lipinski definition) is 8. The number of esters is 1. The van der Waals surface area contributed by atoms with Crippen molar-refractivity contribution in [2.45, 2.75) is 12.5 Å². The summed E-state index contributed by atoms with van der Waals surface area (Å²) in [6, 6.07) is 4.19. The minimum absolute atomic E-state index is 0.133. The van der Waals surface area contributed by atoms with Crippen molar-refractivity contribution in [3.63, 3.8) is 0 Å². The second kappa shape index (κ2) is 7.47. The Kier molecular flexibility index (Phi) is 5.07. The van der Waals surface area contributed by atoms with Crippen molar-refractivity contribution in [3.8, 4) is 0 Å². The van der Waals surface area contributed by atoms with Crippen LogP contribution in [0.25, 0.3) is 0 Å². The number of fused-ring (bicyclic) bond motifs is 1. The zero-order chi connectivity index (χ0) is 20.4. The third-order valence-corrected chi connectivity index (χ3v) is 4.45. The van der Waals surface area contributed by atoms with Gasteiger partial charge in [-0.15, -0.1) is 0 Å². The molecule has 146 valence electrons. The van der Waals surface area contributed by atoms with Gasteiger partial charge in [0.1, 0.15) is 17.3 Å². The van der Waals surface area contributed by atoms with Gasteiger partial charge in [-0.1, -0.05) is 0 Å². The average molecular weight is 388 g/mol. The zero-order valence-corrected chi connectivity index (χ0v) is 14.8. The third-order valence-electron chi connectivity index (χ3n) is 4.45. The normalized spacial score (nSPS) is 18.9. The van der Waals surface area contributed by atoms with Crippen LogP contribution in [-0.2, 0) is 23.9 Å². The molecule has 1 fully saturated rings. The molecular formula is C17H16N4O7. The van der Waals surface area contributed by atoms with Gasteiger partial charge in [-0.3, -0.25) is 24.5 Å². The first-order valence-electron chi connectivity index (χ1n) is 8.29. The highest BCUT2D eigenvalue weighted by atomic mass is 16.6. The molecule has 2 amide bonds. The molecule has 0 spiro atoms. The predicted octanol–water partition coefficient (Wildman–Crippen LogP) is -0.266. The highest BCUT2D eigenvalue weighted by Gasteiger charge is 2.44. The van der Waals surface area contributed by atoms with Gasteiger partial charge in [0.2, 0.25) is 5.91 Å². The number of Topliss-reactive ketones (excluding diaryl/α,β-unsaturated/α-hetero) is 1. The molecule has 11 heteroatoms. The second-order valence-electron chi connectivity index (χ2n) is 6.10. The maximum absolute atomic E-state index is 12.7. The first-order valence-corrected chi connectivity index (χ1v) is 8.29. The molecule has 11 nitrogen and oxygen atoms in total. The van der Waals surface area contributed by atoms with Crippen LogP contribution in [0.2, 0.25) is 0 Å². The molecule has 28 heavy (non-hydrogen) atoms. The summed E-state index contributed by atoms with van der Waals surface area (Å²) >= 11 is 0. The minimum atomic E-state index is -1.00. The van der Waals surface area contributed by atoms with Gasteiger partial charge >= 0.3 is 5.97 Å². The number of piperazine rings is 1. The molecule has 2 aliphatic rings. The van der Waals surface area contributed by atoms with Crippen molar-refractivity contribution >= 4 is 34.9 Å². The number of nitrogens with one attached hydrogen (secondary N) is 2. The number of ether oxygens (including phenoxy) is 1. The predicted molar refractivity (Wildman–Crippen MR) is 93.9 cm³/mol. The van der Waals surface area contributed by atoms with E-state index in [0.717, 1.165) is 7.11 Å². The molecule has 3 rings (SSSR count). The molecule has 0 aromatic heterocycles. The number of hydrogen-bond donors (Lipinski definition) is 2. The Balaban J connectivity index is 1.88. The lowest BCUT2D eigenvalue weighted by molar-refractivity contribution is -0.384. The van der Waals surface area contributed by atoms with Crippen molar-refractivity contribution in [1.82, 2.24) is 10.2 Å². The Morgan fingerprint density at radius 3 is 2.57 bits per heavy atom. The number of non-ortho nitro benzene ring substituents is 1. The van der Waals surface area contributed by atoms with E-state index in [1.807, 2.05) is 0 Å². The molecule has 0 bridgehead atoms. The monoisotopic (exact) mass is 388 g/mol. The summed E-state index contributed by atoms with van der Waals surface area (Å²) in [4.78, 5) is 61.0. The van der Waals surface area contributed by atoms with E-state index >= 15 is 0 Å². The van der Waals surface area contributed by atoms with Gasteiger partial charge in [0, 0.05) is 37.3 Å². The first-order chi connectivity index (χ1) is 13.3. The molecule has 1 atom stereocenters. The molecule has 2 heterocycles. The Morgan fingerprint density at radius 1 is 1.29 bits per heavy atom. The molecule has 0 saturated carbocycles. The number of carbonyl (C=O) groups excluding carboxylic acids is 4. The largest absolute Gasteiger partial charge is 0.465 e. The topological polar surface area (TPSA) is 148 Å². The summed E-state index contributed by atoms with van der Waals surface area (Å²) in [5.74, 6) is -2.80. The zero-order valence-electron chi connectivity index (χ0n) is 14.8. The maximum Gasteiger partial charge on any atom is 0.343 e. The van der Waals surface area contributed by atoms with Crippen LogP contribution >= 0.6 is 0 Å². The number of nitro groups is 1. The summed E-state index contributed by atoms with van der Waals surface area (Å²) in [7, 11) is 1.10. The van der Waals surface area contributed by atoms with Crippen LogP contribution in [0.15, 0.2) is 35.5 Å². The van der Waals surface area contributed by atoms with Gasteiger partial charge < -0.3 is 20.3 Å². The van der Waals surface area contributed by atoms with Gasteiger partial charge in [0.15, 0.2) is 5.78 Å². The summed E-state index contributed by atoms with van der Waals surface area (Å²) < 4.78 is 4.60. The molecule has 1 saturated heterocycles. The standard InChI is InChI=1S/C17H16N4O7/c1-28-17(25)13-12(22)8-11(20-7-6-18-16(24)14(13)20)15(23)19-9-2-4-10(5-3-9)21(26)27/h2-5,11H,6-8H2,1H3,(H,18,24)(H,19,23). The van der Waals surface area contributed by atoms with Crippen LogP contribution in [0.5, 0.6) is 0 Å². The Hall–Kier alpha value is -3.76. The van der Waals surface area contributed by atoms with Crippen molar-refractivity contribution in [1.29, 1.82) is 0 Å². The van der Waals surface area contributed by atoms with Crippen LogP contribution in [0.4, 0.5) is 11.4 Å². The fourth-order valence-electron chi connectivity index (χ4n) is 3.14. The molecule has 2 N–H and O–H groups in total. The third kappa shape index (κ3) is 3.41. The van der Waals surface area contributed by atoms with Crippen LogP contribution in [0.3, 0.4) is 0 Å². The number of nitro benzene ring substituents is 1. The number of anilines is 1. The number of methoxy groups -OCH3 is 1. The van der Waals surface area contributed by atoms with E-state index in [-0.39, 0.29) is 36.5 Å². The molecule has 1 aromatic carbocycles. The van der Waals surface area contributed by atoms with Gasteiger partial charge in [0.05, 0.1) is 12.0 Å². The van der Waals surface area contributed by atoms with Crippen molar-refractivity contribution < 1.29 is 28.8 Å². The van der Waals surface area contributed by atoms with Crippen molar-refractivity contribution in [3.05, 3.63) is 45.6 Å². The van der Waals surface area contributed by atoms with Gasteiger partial charge in [0.25, 0.3) is 11.6 Å². The minimum Gasteiger partial charge on any atom is -0.465 e. The van der Waals surface area contributed by atoms with Crippen molar-refractivity contribution in [2.75, 3.05) is 25.5 Å². The van der Waals surface area contributed by atoms with Gasteiger partial charge in [-0.2, -0.15) is 0 Å². The number of amides is 2. The lowest BCUT2D eigenvalue weighted by Gasteiger charge is -2.40. The highest BCUT2D eigenvalue weighted by Crippen LogP contribution is 2.28. The first kappa shape index (κ1) is 19.0. The van der Waals surface area contributed by atoms with Gasteiger partial charge in [-0.25, -0.2) is 4.79 Å². The molecular weight excluding hydrogens is 372 g/mol. The summed E-state index contributed by atoms with van der Waals surface area (Å²) in [5.41, 5.74) is -0.391. The molecule has 1 unspecified atom stereocenters. The van der Waals surface area contributed by atoms with Crippen LogP contribution in [0, 0.1) is 10.1 Å². The Bertz CT molecular complexity index is 907. The lowest BCUT2D eigenvalue weighted by Crippen LogP contribution is -2.57. The van der Waals surface area contributed by atoms with E-state index in [2.05, 4.69) is 15.4 Å². The molecule has 0 radical (unpaired) electrons. The number of carbonyl (C=O) groups is 4. The maximum atomic E-state index is 12.7. The quantitative estimate of drug-likeness (QED) is 0.310. The summed E-state index contributed by atoms with van der Waals surface area (Å²) in [5, 5.41) is 15.8. The van der Waals surface area contributed by atoms with Gasteiger partial charge in [-0.05, 0) is 12.1 Å². The molecule has 0 aliphatic carbocycles. The number of ketones is 1. The number of nitrogens with zero attached hydrogens (tertiary/aromatic N) is 2. The second-order valence-corrected chi connectivity index (χ2v) is 6.10. The number of benzene rings is 1. The van der Waals surface area contributed by atoms with Crippen LogP contribution in [-0.4, -0.2) is 59.6 Å². The van der Waals surface area contributed by atoms with E-state index in [9.17, 15) is 29.3 Å². The summed E-state index contributed by atoms with van der Waals surface area (Å²) in [6.45, 7) is 0.472. The van der Waals surface area contributed by atoms with Crippen LogP contribution < -0.4 is 10.6 Å². The fraction of sp³-hybridized carbons (Fsp3) is 0.294. The molecule has 2 aliphatic heterocycles. The van der Waals surface area contributed by atoms with E-state index < -0.39 is 34.5 Å². The fourth-order valence-corrected chi connectivity index (χ4v) is 3.14. The van der Waals surface area contributed by atoms with E-state index in [1.165, 1.54) is 29.2 Å². The SMILES string of the molecule is COC(=O)C1=C2C(=O)NCCN2C(C(=O)Nc2ccc([N+](=O)[O-])cc2)CC1=O.